The summed E-state index contributed by atoms with van der Waals surface area (Å²) in [5.74, 6) is 0. The number of hydrogen-bond donors (Lipinski definition) is 0. The standard InChI is InChI=1S/C15H26Si/c1-11-10-13(15(3,4)5)12(2)14(11)16-8-6-7-9-16/h10,14,16H,6-9H2,1-5H3. The maximum atomic E-state index is 2.51. The van der Waals surface area contributed by atoms with Gasteiger partial charge in [0.15, 0.2) is 0 Å². The van der Waals surface area contributed by atoms with Crippen LogP contribution in [-0.4, -0.2) is 8.80 Å². The van der Waals surface area contributed by atoms with Crippen molar-refractivity contribution in [3.05, 3.63) is 22.8 Å². The third-order valence-electron chi connectivity index (χ3n) is 4.43. The number of allylic oxidation sites excluding steroid dienone is 4. The molecule has 16 heavy (non-hydrogen) atoms. The second-order valence-electron chi connectivity index (χ2n) is 6.76. The lowest BCUT2D eigenvalue weighted by atomic mass is 9.85. The normalized spacial score (nSPS) is 27.8. The van der Waals surface area contributed by atoms with Gasteiger partial charge in [-0.25, -0.2) is 0 Å². The van der Waals surface area contributed by atoms with Crippen LogP contribution >= 0.6 is 0 Å². The monoisotopic (exact) mass is 234 g/mol. The highest BCUT2D eigenvalue weighted by atomic mass is 28.3. The van der Waals surface area contributed by atoms with Crippen molar-refractivity contribution >= 4 is 8.80 Å². The molecule has 0 aromatic carbocycles. The van der Waals surface area contributed by atoms with Crippen molar-refractivity contribution in [2.24, 2.45) is 5.41 Å². The summed E-state index contributed by atoms with van der Waals surface area (Å²) in [4.78, 5) is 0. The molecule has 1 unspecified atom stereocenters. The summed E-state index contributed by atoms with van der Waals surface area (Å²) in [6, 6.07) is 3.18. The zero-order chi connectivity index (χ0) is 11.9. The van der Waals surface area contributed by atoms with E-state index in [1.54, 1.807) is 28.8 Å². The van der Waals surface area contributed by atoms with Crippen molar-refractivity contribution in [1.82, 2.24) is 0 Å². The molecular weight excluding hydrogens is 208 g/mol. The Labute approximate surface area is 102 Å². The fourth-order valence-corrected chi connectivity index (χ4v) is 8.07. The summed E-state index contributed by atoms with van der Waals surface area (Å²) < 4.78 is 0. The molecule has 1 saturated heterocycles. The van der Waals surface area contributed by atoms with Gasteiger partial charge in [-0.3, -0.25) is 0 Å². The minimum atomic E-state index is -0.486. The molecule has 1 fully saturated rings. The summed E-state index contributed by atoms with van der Waals surface area (Å²) in [6.07, 6.45) is 5.53. The van der Waals surface area contributed by atoms with Crippen LogP contribution in [0.15, 0.2) is 22.8 Å². The molecule has 1 heteroatoms. The molecule has 0 radical (unpaired) electrons. The minimum absolute atomic E-state index is 0.340. The second-order valence-corrected chi connectivity index (χ2v) is 10.1. The van der Waals surface area contributed by atoms with Crippen molar-refractivity contribution < 1.29 is 0 Å². The zero-order valence-corrected chi connectivity index (χ0v) is 12.7. The van der Waals surface area contributed by atoms with E-state index in [4.69, 9.17) is 0 Å². The Morgan fingerprint density at radius 2 is 1.69 bits per heavy atom. The molecule has 0 N–H and O–H groups in total. The Kier molecular flexibility index (Phi) is 3.17. The van der Waals surface area contributed by atoms with Crippen LogP contribution in [-0.2, 0) is 0 Å². The predicted molar refractivity (Wildman–Crippen MR) is 75.7 cm³/mol. The second kappa shape index (κ2) is 4.18. The largest absolute Gasteiger partial charge is 0.0689 e. The van der Waals surface area contributed by atoms with E-state index in [0.717, 1.165) is 5.54 Å². The molecule has 1 heterocycles. The maximum Gasteiger partial charge on any atom is 0.0496 e. The summed E-state index contributed by atoms with van der Waals surface area (Å²) in [5, 5.41) is 0. The van der Waals surface area contributed by atoms with Crippen molar-refractivity contribution in [2.75, 3.05) is 0 Å². The third kappa shape index (κ3) is 2.07. The molecule has 0 nitrogen and oxygen atoms in total. The molecule has 90 valence electrons. The van der Waals surface area contributed by atoms with Gasteiger partial charge >= 0.3 is 0 Å². The molecule has 0 amide bonds. The van der Waals surface area contributed by atoms with Gasteiger partial charge in [0.25, 0.3) is 0 Å². The first-order valence-corrected chi connectivity index (χ1v) is 9.10. The van der Waals surface area contributed by atoms with Crippen molar-refractivity contribution in [3.8, 4) is 0 Å². The van der Waals surface area contributed by atoms with Crippen LogP contribution in [0.25, 0.3) is 0 Å². The highest BCUT2D eigenvalue weighted by Gasteiger charge is 2.35. The lowest BCUT2D eigenvalue weighted by Gasteiger charge is -2.24. The van der Waals surface area contributed by atoms with Gasteiger partial charge in [0, 0.05) is 8.80 Å². The summed E-state index contributed by atoms with van der Waals surface area (Å²) in [7, 11) is -0.486. The first-order valence-electron chi connectivity index (χ1n) is 6.80. The Hall–Kier alpha value is -0.303. The number of hydrogen-bond acceptors (Lipinski definition) is 0. The fourth-order valence-electron chi connectivity index (χ4n) is 3.76. The van der Waals surface area contributed by atoms with Crippen LogP contribution in [0.3, 0.4) is 0 Å². The molecule has 1 aliphatic carbocycles. The van der Waals surface area contributed by atoms with Crippen LogP contribution in [0.1, 0.15) is 47.5 Å². The van der Waals surface area contributed by atoms with E-state index in [2.05, 4.69) is 40.7 Å². The highest BCUT2D eigenvalue weighted by Crippen LogP contribution is 2.47. The molecule has 1 atom stereocenters. The molecule has 0 aromatic rings. The molecule has 0 bridgehead atoms. The average molecular weight is 234 g/mol. The molecule has 2 aliphatic rings. The summed E-state index contributed by atoms with van der Waals surface area (Å²) >= 11 is 0. The summed E-state index contributed by atoms with van der Waals surface area (Å²) in [6.45, 7) is 11.8. The van der Waals surface area contributed by atoms with Crippen LogP contribution < -0.4 is 0 Å². The predicted octanol–water partition coefficient (Wildman–Crippen LogP) is 4.70. The first-order chi connectivity index (χ1) is 7.41. The third-order valence-corrected chi connectivity index (χ3v) is 8.70. The van der Waals surface area contributed by atoms with Crippen LogP contribution in [0.5, 0.6) is 0 Å². The number of rotatable bonds is 1. The van der Waals surface area contributed by atoms with E-state index >= 15 is 0 Å². The summed E-state index contributed by atoms with van der Waals surface area (Å²) in [5.41, 5.74) is 6.29. The topological polar surface area (TPSA) is 0 Å². The lowest BCUT2D eigenvalue weighted by Crippen LogP contribution is -2.18. The quantitative estimate of drug-likeness (QED) is 0.577. The van der Waals surface area contributed by atoms with Gasteiger partial charge in [-0.15, -0.1) is 0 Å². The average Bonchev–Trinajstić information content (AvgIpc) is 2.72. The van der Waals surface area contributed by atoms with Gasteiger partial charge in [0.05, 0.1) is 0 Å². The van der Waals surface area contributed by atoms with E-state index in [9.17, 15) is 0 Å². The van der Waals surface area contributed by atoms with E-state index < -0.39 is 8.80 Å². The van der Waals surface area contributed by atoms with Gasteiger partial charge in [-0.2, -0.15) is 0 Å². The molecule has 1 aliphatic heterocycles. The van der Waals surface area contributed by atoms with Crippen molar-refractivity contribution in [3.63, 3.8) is 0 Å². The van der Waals surface area contributed by atoms with Gasteiger partial charge in [0.2, 0.25) is 0 Å². The van der Waals surface area contributed by atoms with E-state index in [-0.39, 0.29) is 0 Å². The van der Waals surface area contributed by atoms with Gasteiger partial charge < -0.3 is 0 Å². The first kappa shape index (κ1) is 12.2. The minimum Gasteiger partial charge on any atom is -0.0689 e. The fraction of sp³-hybridized carbons (Fsp3) is 0.733. The van der Waals surface area contributed by atoms with Gasteiger partial charge in [0.1, 0.15) is 0 Å². The molecular formula is C15H26Si. The van der Waals surface area contributed by atoms with Crippen LogP contribution in [0.4, 0.5) is 0 Å². The molecule has 0 spiro atoms. The van der Waals surface area contributed by atoms with E-state index in [1.807, 2.05) is 0 Å². The van der Waals surface area contributed by atoms with Gasteiger partial charge in [-0.1, -0.05) is 62.9 Å². The van der Waals surface area contributed by atoms with E-state index in [1.165, 1.54) is 12.8 Å². The van der Waals surface area contributed by atoms with Crippen molar-refractivity contribution in [1.29, 1.82) is 0 Å². The van der Waals surface area contributed by atoms with Crippen LogP contribution in [0.2, 0.25) is 17.6 Å². The SMILES string of the molecule is CC1=CC(C(C)(C)C)=C(C)C1[SiH]1CCCC1. The zero-order valence-electron chi connectivity index (χ0n) is 11.6. The lowest BCUT2D eigenvalue weighted by molar-refractivity contribution is 0.513. The van der Waals surface area contributed by atoms with Crippen LogP contribution in [0, 0.1) is 5.41 Å². The maximum absolute atomic E-state index is 2.51. The van der Waals surface area contributed by atoms with E-state index in [0.29, 0.717) is 5.41 Å². The Morgan fingerprint density at radius 3 is 2.12 bits per heavy atom. The Bertz CT molecular complexity index is 335. The Morgan fingerprint density at radius 1 is 1.12 bits per heavy atom. The highest BCUT2D eigenvalue weighted by molar-refractivity contribution is 6.63. The molecule has 0 saturated carbocycles. The smallest absolute Gasteiger partial charge is 0.0496 e. The Balaban J connectivity index is 2.28. The molecule has 2 rings (SSSR count). The van der Waals surface area contributed by atoms with Crippen molar-refractivity contribution in [2.45, 2.75) is 65.1 Å². The molecule has 0 aromatic heterocycles. The van der Waals surface area contributed by atoms with Gasteiger partial charge in [-0.05, 0) is 30.4 Å².